The molecule has 1 aliphatic rings. The van der Waals surface area contributed by atoms with E-state index in [1.54, 1.807) is 9.80 Å². The van der Waals surface area contributed by atoms with Gasteiger partial charge in [-0.05, 0) is 42.4 Å². The van der Waals surface area contributed by atoms with Gasteiger partial charge >= 0.3 is 6.03 Å². The Labute approximate surface area is 198 Å². The van der Waals surface area contributed by atoms with Crippen LogP contribution in [0.1, 0.15) is 15.9 Å². The molecule has 3 aromatic rings. The Hall–Kier alpha value is -3.75. The van der Waals surface area contributed by atoms with Crippen LogP contribution in [0.15, 0.2) is 72.8 Å². The zero-order chi connectivity index (χ0) is 24.1. The molecular weight excluding hydrogens is 433 g/mol. The lowest BCUT2D eigenvalue weighted by Crippen LogP contribution is -2.52. The second kappa shape index (κ2) is 10.5. The third-order valence-electron chi connectivity index (χ3n) is 6.04. The van der Waals surface area contributed by atoms with E-state index in [0.717, 1.165) is 30.3 Å². The third-order valence-corrected chi connectivity index (χ3v) is 6.04. The number of nitrogens with one attached hydrogen (secondary N) is 1. The lowest BCUT2D eigenvalue weighted by Gasteiger charge is -2.36. The highest BCUT2D eigenvalue weighted by molar-refractivity contribution is 5.94. The van der Waals surface area contributed by atoms with E-state index < -0.39 is 11.7 Å². The number of benzene rings is 3. The summed E-state index contributed by atoms with van der Waals surface area (Å²) in [5, 5.41) is 0. The monoisotopic (exact) mass is 461 g/mol. The van der Waals surface area contributed by atoms with Crippen LogP contribution in [0.5, 0.6) is 0 Å². The van der Waals surface area contributed by atoms with Gasteiger partial charge in [0.1, 0.15) is 5.82 Å². The lowest BCUT2D eigenvalue weighted by molar-refractivity contribution is 0.0953. The van der Waals surface area contributed by atoms with Crippen LogP contribution in [0.25, 0.3) is 11.1 Å². The fourth-order valence-electron chi connectivity index (χ4n) is 3.99. The molecule has 3 aromatic carbocycles. The summed E-state index contributed by atoms with van der Waals surface area (Å²) >= 11 is 0. The van der Waals surface area contributed by atoms with Gasteiger partial charge in [0, 0.05) is 43.0 Å². The molecular formula is C26H28FN5O2. The number of hydrogen-bond acceptors (Lipinski definition) is 4. The van der Waals surface area contributed by atoms with Gasteiger partial charge in [-0.15, -0.1) is 0 Å². The number of nitrogens with two attached hydrogens (primary N) is 1. The molecule has 1 fully saturated rings. The van der Waals surface area contributed by atoms with Crippen LogP contribution in [0.4, 0.5) is 14.9 Å². The topological polar surface area (TPSA) is 81.9 Å². The van der Waals surface area contributed by atoms with Gasteiger partial charge in [0.05, 0.1) is 6.54 Å². The Morgan fingerprint density at radius 3 is 2.32 bits per heavy atom. The van der Waals surface area contributed by atoms with Crippen molar-refractivity contribution < 1.29 is 14.0 Å². The number of likely N-dealkylation sites (N-methyl/N-ethyl adjacent to an activating group) is 1. The predicted octanol–water partition coefficient (Wildman–Crippen LogP) is 3.47. The smallest absolute Gasteiger partial charge is 0.322 e. The fourth-order valence-corrected chi connectivity index (χ4v) is 3.99. The molecule has 0 unspecified atom stereocenters. The largest absolute Gasteiger partial charge is 0.324 e. The minimum absolute atomic E-state index is 0.0276. The molecule has 0 aliphatic carbocycles. The van der Waals surface area contributed by atoms with E-state index in [2.05, 4.69) is 4.90 Å². The maximum atomic E-state index is 14.9. The normalized spacial score (nSPS) is 14.0. The molecule has 7 nitrogen and oxygen atoms in total. The molecule has 1 heterocycles. The quantitative estimate of drug-likeness (QED) is 0.346. The fraction of sp³-hybridized carbons (Fsp3) is 0.231. The number of hydrogen-bond donors (Lipinski definition) is 2. The second-order valence-electron chi connectivity index (χ2n) is 8.36. The Kier molecular flexibility index (Phi) is 7.20. The Morgan fingerprint density at radius 1 is 0.941 bits per heavy atom. The van der Waals surface area contributed by atoms with Crippen molar-refractivity contribution >= 4 is 17.6 Å². The third kappa shape index (κ3) is 5.24. The molecule has 3 amide bonds. The summed E-state index contributed by atoms with van der Waals surface area (Å²) in [6.07, 6.45) is 0. The van der Waals surface area contributed by atoms with Gasteiger partial charge in [0.25, 0.3) is 5.91 Å². The highest BCUT2D eigenvalue weighted by Crippen LogP contribution is 2.27. The van der Waals surface area contributed by atoms with E-state index in [1.165, 1.54) is 12.1 Å². The number of nitrogen functional groups attached to an aromatic ring is 1. The minimum Gasteiger partial charge on any atom is -0.322 e. The van der Waals surface area contributed by atoms with E-state index in [1.807, 2.05) is 67.1 Å². The van der Waals surface area contributed by atoms with Crippen LogP contribution >= 0.6 is 0 Å². The second-order valence-corrected chi connectivity index (χ2v) is 8.36. The maximum absolute atomic E-state index is 14.9. The van der Waals surface area contributed by atoms with Crippen LogP contribution in [-0.4, -0.2) is 55.0 Å². The van der Waals surface area contributed by atoms with Crippen molar-refractivity contribution in [1.29, 1.82) is 0 Å². The number of urea groups is 1. The van der Waals surface area contributed by atoms with Gasteiger partial charge in [-0.25, -0.2) is 15.0 Å². The van der Waals surface area contributed by atoms with Gasteiger partial charge < -0.3 is 9.80 Å². The van der Waals surface area contributed by atoms with E-state index in [9.17, 15) is 14.0 Å². The predicted molar refractivity (Wildman–Crippen MR) is 131 cm³/mol. The van der Waals surface area contributed by atoms with Gasteiger partial charge in [-0.2, -0.15) is 0 Å². The van der Waals surface area contributed by atoms with Crippen molar-refractivity contribution in [2.45, 2.75) is 6.54 Å². The molecule has 8 heteroatoms. The number of nitrogens with zero attached hydrogens (tertiary/aromatic N) is 3. The lowest BCUT2D eigenvalue weighted by atomic mass is 10.0. The van der Waals surface area contributed by atoms with Crippen molar-refractivity contribution in [3.63, 3.8) is 0 Å². The number of rotatable bonds is 5. The molecule has 34 heavy (non-hydrogen) atoms. The molecule has 4 rings (SSSR count). The van der Waals surface area contributed by atoms with Crippen molar-refractivity contribution in [2.24, 2.45) is 5.84 Å². The first kappa shape index (κ1) is 23.4. The summed E-state index contributed by atoms with van der Waals surface area (Å²) in [5.74, 6) is 4.01. The molecule has 1 saturated heterocycles. The first-order chi connectivity index (χ1) is 16.5. The van der Waals surface area contributed by atoms with Gasteiger partial charge in [0.2, 0.25) is 0 Å². The van der Waals surface area contributed by atoms with Crippen LogP contribution < -0.4 is 16.2 Å². The van der Waals surface area contributed by atoms with Crippen LogP contribution in [-0.2, 0) is 6.54 Å². The number of halogens is 1. The van der Waals surface area contributed by atoms with E-state index in [4.69, 9.17) is 5.84 Å². The zero-order valence-corrected chi connectivity index (χ0v) is 19.1. The van der Waals surface area contributed by atoms with Crippen molar-refractivity contribution in [2.75, 3.05) is 38.1 Å². The maximum Gasteiger partial charge on any atom is 0.324 e. The van der Waals surface area contributed by atoms with E-state index in [-0.39, 0.29) is 18.1 Å². The number of carbonyl (C=O) groups is 2. The summed E-state index contributed by atoms with van der Waals surface area (Å²) in [6, 6.07) is 21.5. The molecule has 0 radical (unpaired) electrons. The molecule has 0 spiro atoms. The van der Waals surface area contributed by atoms with Gasteiger partial charge in [-0.1, -0.05) is 48.5 Å². The van der Waals surface area contributed by atoms with Crippen molar-refractivity contribution in [3.8, 4) is 11.1 Å². The Bertz CT molecular complexity index is 1160. The summed E-state index contributed by atoms with van der Waals surface area (Å²) in [4.78, 5) is 30.9. The number of hydrazine groups is 1. The van der Waals surface area contributed by atoms with Crippen molar-refractivity contribution in [1.82, 2.24) is 15.2 Å². The van der Waals surface area contributed by atoms with Crippen LogP contribution in [0, 0.1) is 5.82 Å². The average molecular weight is 462 g/mol. The first-order valence-corrected chi connectivity index (χ1v) is 11.2. The van der Waals surface area contributed by atoms with E-state index >= 15 is 0 Å². The Balaban J connectivity index is 1.68. The van der Waals surface area contributed by atoms with Gasteiger partial charge in [-0.3, -0.25) is 15.1 Å². The first-order valence-electron chi connectivity index (χ1n) is 11.2. The molecule has 176 valence electrons. The summed E-state index contributed by atoms with van der Waals surface area (Å²) in [5.41, 5.74) is 5.09. The minimum atomic E-state index is -0.577. The van der Waals surface area contributed by atoms with Crippen molar-refractivity contribution in [3.05, 3.63) is 89.7 Å². The summed E-state index contributed by atoms with van der Waals surface area (Å²) in [7, 11) is 2.03. The average Bonchev–Trinajstić information content (AvgIpc) is 2.88. The standard InChI is InChI=1S/C26H28FN5O2/c1-30-12-14-31(15-13-30)26(34)32(18-22-11-10-21(17-24(22)27)25(33)29-28)23-9-5-8-20(16-23)19-6-3-2-4-7-19/h2-11,16-17H,12-15,18,28H2,1H3,(H,29,33). The molecule has 0 bridgehead atoms. The molecule has 0 atom stereocenters. The number of amides is 3. The number of anilines is 1. The van der Waals surface area contributed by atoms with E-state index in [0.29, 0.717) is 24.3 Å². The van der Waals surface area contributed by atoms with Crippen LogP contribution in [0.3, 0.4) is 0 Å². The molecule has 0 saturated carbocycles. The Morgan fingerprint density at radius 2 is 1.65 bits per heavy atom. The number of carbonyl (C=O) groups excluding carboxylic acids is 2. The SMILES string of the molecule is CN1CCN(C(=O)N(Cc2ccc(C(=O)NN)cc2F)c2cccc(-c3ccccc3)c2)CC1. The summed E-state index contributed by atoms with van der Waals surface area (Å²) in [6.45, 7) is 2.78. The molecule has 0 aromatic heterocycles. The van der Waals surface area contributed by atoms with Crippen LogP contribution in [0.2, 0.25) is 0 Å². The highest BCUT2D eigenvalue weighted by Gasteiger charge is 2.26. The molecule has 3 N–H and O–H groups in total. The highest BCUT2D eigenvalue weighted by atomic mass is 19.1. The molecule has 1 aliphatic heterocycles. The zero-order valence-electron chi connectivity index (χ0n) is 19.1. The number of piperazine rings is 1. The van der Waals surface area contributed by atoms with Gasteiger partial charge in [0.15, 0.2) is 0 Å². The summed E-state index contributed by atoms with van der Waals surface area (Å²) < 4.78 is 14.9.